The lowest BCUT2D eigenvalue weighted by atomic mass is 10.1. The number of nitrogens with one attached hydrogen (secondary N) is 2. The molecule has 2 unspecified atom stereocenters. The Morgan fingerprint density at radius 1 is 1.28 bits per heavy atom. The molecule has 0 radical (unpaired) electrons. The van der Waals surface area contributed by atoms with Crippen molar-refractivity contribution in [3.63, 3.8) is 0 Å². The molecule has 1 heterocycles. The van der Waals surface area contributed by atoms with Gasteiger partial charge in [-0.2, -0.15) is 0 Å². The Morgan fingerprint density at radius 2 is 1.89 bits per heavy atom. The third-order valence-corrected chi connectivity index (χ3v) is 3.35. The van der Waals surface area contributed by atoms with Crippen molar-refractivity contribution in [3.8, 4) is 0 Å². The summed E-state index contributed by atoms with van der Waals surface area (Å²) in [6, 6.07) is 10.5. The molecule has 18 heavy (non-hydrogen) atoms. The van der Waals surface area contributed by atoms with Gasteiger partial charge in [0.2, 0.25) is 0 Å². The standard InChI is InChI=1S/C14H21N3O/c1-11-8-15-9-12(2)17(11)14(18)16-10-13-6-4-3-5-7-13/h3-7,11-12,15H,8-10H2,1-2H3,(H,16,18). The van der Waals surface area contributed by atoms with Crippen molar-refractivity contribution >= 4 is 6.03 Å². The number of urea groups is 1. The van der Waals surface area contributed by atoms with E-state index in [9.17, 15) is 4.79 Å². The van der Waals surface area contributed by atoms with Crippen LogP contribution in [-0.2, 0) is 6.54 Å². The number of carbonyl (C=O) groups is 1. The van der Waals surface area contributed by atoms with Gasteiger partial charge in [-0.15, -0.1) is 0 Å². The monoisotopic (exact) mass is 247 g/mol. The zero-order chi connectivity index (χ0) is 13.0. The molecular weight excluding hydrogens is 226 g/mol. The van der Waals surface area contributed by atoms with Crippen LogP contribution in [0.3, 0.4) is 0 Å². The molecule has 1 aliphatic heterocycles. The molecule has 1 fully saturated rings. The smallest absolute Gasteiger partial charge is 0.318 e. The first-order valence-electron chi connectivity index (χ1n) is 6.49. The minimum Gasteiger partial charge on any atom is -0.334 e. The van der Waals surface area contributed by atoms with Crippen LogP contribution in [0.15, 0.2) is 30.3 Å². The predicted molar refractivity (Wildman–Crippen MR) is 72.3 cm³/mol. The van der Waals surface area contributed by atoms with E-state index in [1.807, 2.05) is 35.2 Å². The van der Waals surface area contributed by atoms with E-state index < -0.39 is 0 Å². The average molecular weight is 247 g/mol. The van der Waals surface area contributed by atoms with Crippen LogP contribution in [0.2, 0.25) is 0 Å². The highest BCUT2D eigenvalue weighted by molar-refractivity contribution is 5.75. The molecule has 2 atom stereocenters. The summed E-state index contributed by atoms with van der Waals surface area (Å²) < 4.78 is 0. The SMILES string of the molecule is CC1CNCC(C)N1C(=O)NCc1ccccc1. The van der Waals surface area contributed by atoms with Gasteiger partial charge in [0.05, 0.1) is 0 Å². The summed E-state index contributed by atoms with van der Waals surface area (Å²) in [5, 5.41) is 6.31. The van der Waals surface area contributed by atoms with Crippen molar-refractivity contribution in [3.05, 3.63) is 35.9 Å². The molecule has 1 aromatic carbocycles. The quantitative estimate of drug-likeness (QED) is 0.833. The highest BCUT2D eigenvalue weighted by atomic mass is 16.2. The summed E-state index contributed by atoms with van der Waals surface area (Å²) in [7, 11) is 0. The van der Waals surface area contributed by atoms with Crippen LogP contribution in [0.25, 0.3) is 0 Å². The molecule has 98 valence electrons. The lowest BCUT2D eigenvalue weighted by molar-refractivity contribution is 0.132. The third kappa shape index (κ3) is 3.01. The molecule has 4 heteroatoms. The topological polar surface area (TPSA) is 44.4 Å². The van der Waals surface area contributed by atoms with Crippen LogP contribution in [0, 0.1) is 0 Å². The molecule has 4 nitrogen and oxygen atoms in total. The number of nitrogens with zero attached hydrogens (tertiary/aromatic N) is 1. The lowest BCUT2D eigenvalue weighted by Crippen LogP contribution is -2.59. The highest BCUT2D eigenvalue weighted by Crippen LogP contribution is 2.10. The first-order valence-corrected chi connectivity index (χ1v) is 6.49. The Labute approximate surface area is 108 Å². The van der Waals surface area contributed by atoms with Gasteiger partial charge in [0.15, 0.2) is 0 Å². The van der Waals surface area contributed by atoms with E-state index >= 15 is 0 Å². The van der Waals surface area contributed by atoms with Gasteiger partial charge in [0, 0.05) is 31.7 Å². The molecule has 2 N–H and O–H groups in total. The average Bonchev–Trinajstić information content (AvgIpc) is 2.37. The van der Waals surface area contributed by atoms with Crippen molar-refractivity contribution in [1.29, 1.82) is 0 Å². The summed E-state index contributed by atoms with van der Waals surface area (Å²) in [5.74, 6) is 0. The van der Waals surface area contributed by atoms with Gasteiger partial charge in [-0.3, -0.25) is 0 Å². The van der Waals surface area contributed by atoms with E-state index in [0.717, 1.165) is 18.7 Å². The second-order valence-corrected chi connectivity index (χ2v) is 4.91. The second-order valence-electron chi connectivity index (χ2n) is 4.91. The fourth-order valence-electron chi connectivity index (χ4n) is 2.40. The Hall–Kier alpha value is -1.55. The minimum absolute atomic E-state index is 0.0281. The number of amides is 2. The molecule has 0 aliphatic carbocycles. The zero-order valence-electron chi connectivity index (χ0n) is 11.0. The molecule has 1 aromatic rings. The first kappa shape index (κ1) is 12.9. The first-order chi connectivity index (χ1) is 8.68. The maximum Gasteiger partial charge on any atom is 0.318 e. The molecule has 0 saturated carbocycles. The predicted octanol–water partition coefficient (Wildman–Crippen LogP) is 1.58. The van der Waals surface area contributed by atoms with Crippen LogP contribution in [0.4, 0.5) is 4.79 Å². The van der Waals surface area contributed by atoms with Crippen LogP contribution >= 0.6 is 0 Å². The van der Waals surface area contributed by atoms with Crippen molar-refractivity contribution in [2.24, 2.45) is 0 Å². The number of benzene rings is 1. The second kappa shape index (κ2) is 5.87. The maximum absolute atomic E-state index is 12.2. The number of hydrogen-bond acceptors (Lipinski definition) is 2. The van der Waals surface area contributed by atoms with Gasteiger partial charge < -0.3 is 15.5 Å². The van der Waals surface area contributed by atoms with Crippen molar-refractivity contribution in [1.82, 2.24) is 15.5 Å². The minimum atomic E-state index is 0.0281. The van der Waals surface area contributed by atoms with E-state index in [-0.39, 0.29) is 18.1 Å². The number of rotatable bonds is 2. The molecule has 0 aromatic heterocycles. The molecule has 2 amide bonds. The van der Waals surface area contributed by atoms with Gasteiger partial charge in [-0.25, -0.2) is 4.79 Å². The highest BCUT2D eigenvalue weighted by Gasteiger charge is 2.28. The summed E-state index contributed by atoms with van der Waals surface area (Å²) >= 11 is 0. The van der Waals surface area contributed by atoms with Crippen molar-refractivity contribution < 1.29 is 4.79 Å². The fourth-order valence-corrected chi connectivity index (χ4v) is 2.40. The van der Waals surface area contributed by atoms with E-state index in [1.165, 1.54) is 0 Å². The largest absolute Gasteiger partial charge is 0.334 e. The molecule has 2 rings (SSSR count). The molecule has 1 aliphatic rings. The van der Waals surface area contributed by atoms with Crippen LogP contribution < -0.4 is 10.6 Å². The number of carbonyl (C=O) groups excluding carboxylic acids is 1. The van der Waals surface area contributed by atoms with Gasteiger partial charge in [0.1, 0.15) is 0 Å². The van der Waals surface area contributed by atoms with Gasteiger partial charge in [0.25, 0.3) is 0 Å². The number of hydrogen-bond donors (Lipinski definition) is 2. The fraction of sp³-hybridized carbons (Fsp3) is 0.500. The van der Waals surface area contributed by atoms with Crippen LogP contribution in [0.5, 0.6) is 0 Å². The molecular formula is C14H21N3O. The van der Waals surface area contributed by atoms with Crippen molar-refractivity contribution in [2.75, 3.05) is 13.1 Å². The molecule has 0 spiro atoms. The lowest BCUT2D eigenvalue weighted by Gasteiger charge is -2.39. The molecule has 0 bridgehead atoms. The maximum atomic E-state index is 12.2. The summed E-state index contributed by atoms with van der Waals surface area (Å²) in [6.45, 7) is 6.46. The summed E-state index contributed by atoms with van der Waals surface area (Å²) in [6.07, 6.45) is 0. The van der Waals surface area contributed by atoms with Crippen molar-refractivity contribution in [2.45, 2.75) is 32.5 Å². The normalized spacial score (nSPS) is 23.8. The Bertz CT molecular complexity index is 383. The number of piperazine rings is 1. The zero-order valence-corrected chi connectivity index (χ0v) is 11.0. The van der Waals surface area contributed by atoms with Gasteiger partial charge >= 0.3 is 6.03 Å². The van der Waals surface area contributed by atoms with Crippen LogP contribution in [-0.4, -0.2) is 36.1 Å². The van der Waals surface area contributed by atoms with E-state index in [2.05, 4.69) is 24.5 Å². The Kier molecular flexibility index (Phi) is 4.20. The van der Waals surface area contributed by atoms with E-state index in [4.69, 9.17) is 0 Å². The molecule has 1 saturated heterocycles. The van der Waals surface area contributed by atoms with Crippen LogP contribution in [0.1, 0.15) is 19.4 Å². The Morgan fingerprint density at radius 3 is 2.50 bits per heavy atom. The van der Waals surface area contributed by atoms with E-state index in [1.54, 1.807) is 0 Å². The summed E-state index contributed by atoms with van der Waals surface area (Å²) in [4.78, 5) is 14.1. The van der Waals surface area contributed by atoms with E-state index in [0.29, 0.717) is 6.54 Å². The summed E-state index contributed by atoms with van der Waals surface area (Å²) in [5.41, 5.74) is 1.13. The third-order valence-electron chi connectivity index (χ3n) is 3.35. The Balaban J connectivity index is 1.91. The van der Waals surface area contributed by atoms with Gasteiger partial charge in [-0.1, -0.05) is 30.3 Å². The van der Waals surface area contributed by atoms with Gasteiger partial charge in [-0.05, 0) is 19.4 Å².